The number of ether oxygens (including phenoxy) is 4. The third kappa shape index (κ3) is 34.4. The van der Waals surface area contributed by atoms with E-state index in [0.29, 0.717) is 12.8 Å². The van der Waals surface area contributed by atoms with E-state index in [1.807, 2.05) is 6.08 Å². The fourth-order valence-corrected chi connectivity index (χ4v) is 10.3. The average Bonchev–Trinajstić information content (AvgIpc) is 3.48. The maximum Gasteiger partial charge on any atom is 0.220 e. The molecule has 456 valence electrons. The summed E-state index contributed by atoms with van der Waals surface area (Å²) in [6.45, 7) is 2.79. The SMILES string of the molecule is CCCCCCC/C=C\C/C=C\CCCCCCCCCCCCCC(=O)NC(COC1OC(CO)C(OC2OC(CO)C(O)C(O)C2O)C(O)C1O)C(O)/C=C/CC/C=C/CCCCCCCCCCCCCCCCC. The molecule has 0 aromatic carbocycles. The van der Waals surface area contributed by atoms with Crippen LogP contribution in [0.5, 0.6) is 0 Å². The molecule has 0 aromatic rings. The van der Waals surface area contributed by atoms with Gasteiger partial charge in [-0.05, 0) is 64.2 Å². The Hall–Kier alpha value is -2.05. The van der Waals surface area contributed by atoms with E-state index in [-0.39, 0.29) is 18.9 Å². The second kappa shape index (κ2) is 49.5. The van der Waals surface area contributed by atoms with Crippen molar-refractivity contribution in [3.63, 3.8) is 0 Å². The van der Waals surface area contributed by atoms with Gasteiger partial charge in [0.25, 0.3) is 0 Å². The summed E-state index contributed by atoms with van der Waals surface area (Å²) in [4.78, 5) is 13.3. The molecule has 0 bridgehead atoms. The van der Waals surface area contributed by atoms with Gasteiger partial charge in [0.15, 0.2) is 12.6 Å². The molecule has 0 radical (unpaired) electrons. The maximum atomic E-state index is 13.3. The van der Waals surface area contributed by atoms with Crippen molar-refractivity contribution in [2.45, 2.75) is 331 Å². The number of rotatable bonds is 51. The maximum absolute atomic E-state index is 13.3. The van der Waals surface area contributed by atoms with E-state index in [4.69, 9.17) is 18.9 Å². The smallest absolute Gasteiger partial charge is 0.220 e. The lowest BCUT2D eigenvalue weighted by Crippen LogP contribution is -2.65. The van der Waals surface area contributed by atoms with Crippen LogP contribution in [0.3, 0.4) is 0 Å². The highest BCUT2D eigenvalue weighted by Gasteiger charge is 2.51. The molecule has 2 rings (SSSR count). The van der Waals surface area contributed by atoms with E-state index in [1.54, 1.807) is 6.08 Å². The third-order valence-electron chi connectivity index (χ3n) is 15.5. The number of nitrogens with one attached hydrogen (secondary N) is 1. The van der Waals surface area contributed by atoms with Crippen LogP contribution in [0.4, 0.5) is 0 Å². The first-order valence-electron chi connectivity index (χ1n) is 31.9. The van der Waals surface area contributed by atoms with Gasteiger partial charge in [-0.2, -0.15) is 0 Å². The zero-order chi connectivity index (χ0) is 56.7. The van der Waals surface area contributed by atoms with Crippen LogP contribution in [-0.2, 0) is 23.7 Å². The minimum absolute atomic E-state index is 0.250. The second-order valence-corrected chi connectivity index (χ2v) is 22.5. The van der Waals surface area contributed by atoms with Gasteiger partial charge in [-0.15, -0.1) is 0 Å². The summed E-state index contributed by atoms with van der Waals surface area (Å²) in [5.74, 6) is -0.250. The van der Waals surface area contributed by atoms with Crippen LogP contribution in [0.2, 0.25) is 0 Å². The lowest BCUT2D eigenvalue weighted by atomic mass is 9.97. The number of amides is 1. The number of unbranched alkanes of at least 4 members (excludes halogenated alkanes) is 32. The van der Waals surface area contributed by atoms with E-state index < -0.39 is 86.8 Å². The van der Waals surface area contributed by atoms with Crippen LogP contribution in [0.1, 0.15) is 258 Å². The van der Waals surface area contributed by atoms with Gasteiger partial charge in [0, 0.05) is 6.42 Å². The van der Waals surface area contributed by atoms with Crippen molar-refractivity contribution >= 4 is 5.91 Å². The first-order chi connectivity index (χ1) is 38.1. The molecule has 2 saturated heterocycles. The van der Waals surface area contributed by atoms with Crippen LogP contribution in [-0.4, -0.2) is 140 Å². The number of hydrogen-bond donors (Lipinski definition) is 9. The zero-order valence-electron chi connectivity index (χ0n) is 49.2. The predicted octanol–water partition coefficient (Wildman–Crippen LogP) is 11.6. The topological polar surface area (TPSA) is 228 Å². The van der Waals surface area contributed by atoms with Crippen molar-refractivity contribution in [3.8, 4) is 0 Å². The van der Waals surface area contributed by atoms with Gasteiger partial charge in [-0.3, -0.25) is 4.79 Å². The standard InChI is InChI=1S/C64H117NO13/c1-3-5-7-9-11-13-15-17-19-21-23-25-26-28-30-32-34-36-38-40-42-44-46-48-56(69)65-52(53(68)47-45-43-41-39-37-35-33-31-29-27-24-22-20-18-16-14-12-10-8-6-4-2)51-75-63-61(74)59(72)62(55(50-67)77-63)78-64-60(73)58(71)57(70)54(49-66)76-64/h15,17,21,23,37,39,45,47,52-55,57-64,66-68,70-74H,3-14,16,18-20,22,24-36,38,40-44,46,48-51H2,1-2H3,(H,65,69)/b17-15-,23-21-,39-37+,47-45+. The van der Waals surface area contributed by atoms with Crippen LogP contribution in [0, 0.1) is 0 Å². The van der Waals surface area contributed by atoms with Gasteiger partial charge >= 0.3 is 0 Å². The summed E-state index contributed by atoms with van der Waals surface area (Å²) in [5.41, 5.74) is 0. The first-order valence-corrected chi connectivity index (χ1v) is 31.9. The molecule has 2 fully saturated rings. The minimum atomic E-state index is -1.79. The van der Waals surface area contributed by atoms with Crippen LogP contribution < -0.4 is 5.32 Å². The van der Waals surface area contributed by atoms with Crippen molar-refractivity contribution in [1.29, 1.82) is 0 Å². The van der Waals surface area contributed by atoms with Crippen molar-refractivity contribution in [3.05, 3.63) is 48.6 Å². The molecule has 0 spiro atoms. The normalized spacial score (nSPS) is 24.8. The Morgan fingerprint density at radius 2 is 0.859 bits per heavy atom. The minimum Gasteiger partial charge on any atom is -0.394 e. The summed E-state index contributed by atoms with van der Waals surface area (Å²) in [5, 5.41) is 87.2. The number of carbonyl (C=O) groups excluding carboxylic acids is 1. The zero-order valence-corrected chi connectivity index (χ0v) is 49.2. The van der Waals surface area contributed by atoms with E-state index in [0.717, 1.165) is 38.5 Å². The average molecular weight is 1110 g/mol. The van der Waals surface area contributed by atoms with Gasteiger partial charge in [-0.1, -0.05) is 236 Å². The molecule has 0 saturated carbocycles. The van der Waals surface area contributed by atoms with Crippen molar-refractivity contribution < 1.29 is 64.6 Å². The lowest BCUT2D eigenvalue weighted by Gasteiger charge is -2.46. The first kappa shape index (κ1) is 72.1. The summed E-state index contributed by atoms with van der Waals surface area (Å²) >= 11 is 0. The molecule has 14 nitrogen and oxygen atoms in total. The molecule has 14 heteroatoms. The monoisotopic (exact) mass is 1110 g/mol. The number of aliphatic hydroxyl groups excluding tert-OH is 8. The molecular weight excluding hydrogens is 991 g/mol. The molecule has 12 atom stereocenters. The Morgan fingerprint density at radius 1 is 0.462 bits per heavy atom. The fraction of sp³-hybridized carbons (Fsp3) is 0.859. The second-order valence-electron chi connectivity index (χ2n) is 22.5. The molecule has 2 heterocycles. The predicted molar refractivity (Wildman–Crippen MR) is 314 cm³/mol. The molecule has 12 unspecified atom stereocenters. The van der Waals surface area contributed by atoms with E-state index in [2.05, 4.69) is 55.6 Å². The quantitative estimate of drug-likeness (QED) is 0.0204. The number of hydrogen-bond acceptors (Lipinski definition) is 13. The Morgan fingerprint density at radius 3 is 1.33 bits per heavy atom. The van der Waals surface area contributed by atoms with Crippen molar-refractivity contribution in [2.75, 3.05) is 19.8 Å². The molecule has 2 aliphatic rings. The van der Waals surface area contributed by atoms with E-state index >= 15 is 0 Å². The third-order valence-corrected chi connectivity index (χ3v) is 15.5. The molecule has 78 heavy (non-hydrogen) atoms. The Bertz CT molecular complexity index is 1490. The van der Waals surface area contributed by atoms with E-state index in [9.17, 15) is 45.6 Å². The summed E-state index contributed by atoms with van der Waals surface area (Å²) in [7, 11) is 0. The highest BCUT2D eigenvalue weighted by atomic mass is 16.7. The number of carbonyl (C=O) groups is 1. The lowest BCUT2D eigenvalue weighted by molar-refractivity contribution is -0.359. The van der Waals surface area contributed by atoms with Crippen LogP contribution in [0.25, 0.3) is 0 Å². The Kier molecular flexibility index (Phi) is 45.8. The molecule has 0 aliphatic carbocycles. The molecule has 2 aliphatic heterocycles. The molecule has 1 amide bonds. The molecular formula is C64H117NO13. The summed E-state index contributed by atoms with van der Waals surface area (Å²) in [6, 6.07) is -0.934. The Balaban J connectivity index is 1.75. The number of aliphatic hydroxyl groups is 8. The highest BCUT2D eigenvalue weighted by molar-refractivity contribution is 5.76. The van der Waals surface area contributed by atoms with Gasteiger partial charge < -0.3 is 65.1 Å². The highest BCUT2D eigenvalue weighted by Crippen LogP contribution is 2.30. The fourth-order valence-electron chi connectivity index (χ4n) is 10.3. The van der Waals surface area contributed by atoms with Gasteiger partial charge in [0.05, 0.1) is 32.0 Å². The summed E-state index contributed by atoms with van der Waals surface area (Å²) < 4.78 is 22.8. The van der Waals surface area contributed by atoms with Crippen LogP contribution in [0.15, 0.2) is 48.6 Å². The van der Waals surface area contributed by atoms with Crippen molar-refractivity contribution in [2.24, 2.45) is 0 Å². The van der Waals surface area contributed by atoms with Crippen molar-refractivity contribution in [1.82, 2.24) is 5.32 Å². The summed E-state index contributed by atoms with van der Waals surface area (Å²) in [6.07, 6.45) is 45.8. The largest absolute Gasteiger partial charge is 0.394 e. The van der Waals surface area contributed by atoms with Gasteiger partial charge in [0.2, 0.25) is 5.91 Å². The Labute approximate surface area is 473 Å². The van der Waals surface area contributed by atoms with Gasteiger partial charge in [-0.25, -0.2) is 0 Å². The van der Waals surface area contributed by atoms with Gasteiger partial charge in [0.1, 0.15) is 48.8 Å². The van der Waals surface area contributed by atoms with Crippen LogP contribution >= 0.6 is 0 Å². The number of allylic oxidation sites excluding steroid dienone is 7. The van der Waals surface area contributed by atoms with E-state index in [1.165, 1.54) is 186 Å². The molecule has 9 N–H and O–H groups in total. The molecule has 0 aromatic heterocycles.